The molecule has 30 heavy (non-hydrogen) atoms. The molecule has 1 saturated carbocycles. The number of hydrogen-bond donors (Lipinski definition) is 0. The van der Waals surface area contributed by atoms with Crippen molar-refractivity contribution in [2.24, 2.45) is 11.8 Å². The normalized spacial score (nSPS) is 23.5. The lowest BCUT2D eigenvalue weighted by atomic mass is 9.88. The second-order valence-corrected chi connectivity index (χ2v) is 8.31. The largest absolute Gasteiger partial charge is 0.448 e. The Hall–Kier alpha value is -3.23. The molecule has 9 heteroatoms. The molecule has 0 spiro atoms. The molecule has 1 saturated heterocycles. The summed E-state index contributed by atoms with van der Waals surface area (Å²) in [5.74, 6) is 1.24. The van der Waals surface area contributed by atoms with Crippen molar-refractivity contribution >= 4 is 17.5 Å². The van der Waals surface area contributed by atoms with Gasteiger partial charge in [0.15, 0.2) is 22.9 Å². The van der Waals surface area contributed by atoms with Crippen LogP contribution >= 0.6 is 0 Å². The van der Waals surface area contributed by atoms with Crippen LogP contribution < -0.4 is 0 Å². The van der Waals surface area contributed by atoms with Crippen molar-refractivity contribution in [2.75, 3.05) is 20.1 Å². The van der Waals surface area contributed by atoms with Gasteiger partial charge in [0, 0.05) is 51.6 Å². The van der Waals surface area contributed by atoms with Crippen molar-refractivity contribution in [2.45, 2.75) is 32.2 Å². The van der Waals surface area contributed by atoms with Gasteiger partial charge in [0.05, 0.1) is 0 Å². The molecule has 2 fully saturated rings. The van der Waals surface area contributed by atoms with Crippen molar-refractivity contribution in [1.29, 1.82) is 0 Å². The third-order valence-corrected chi connectivity index (χ3v) is 6.49. The molecule has 4 heterocycles. The zero-order chi connectivity index (χ0) is 20.8. The van der Waals surface area contributed by atoms with Gasteiger partial charge in [-0.2, -0.15) is 5.10 Å². The van der Waals surface area contributed by atoms with Gasteiger partial charge in [-0.3, -0.25) is 9.59 Å². The lowest BCUT2D eigenvalue weighted by Gasteiger charge is -2.34. The highest BCUT2D eigenvalue weighted by molar-refractivity contribution is 5.93. The van der Waals surface area contributed by atoms with E-state index < -0.39 is 0 Å². The fourth-order valence-corrected chi connectivity index (χ4v) is 4.86. The van der Waals surface area contributed by atoms with Gasteiger partial charge in [-0.1, -0.05) is 0 Å². The average Bonchev–Trinajstić information content (AvgIpc) is 3.48. The Morgan fingerprint density at radius 3 is 2.83 bits per heavy atom. The van der Waals surface area contributed by atoms with Crippen molar-refractivity contribution < 1.29 is 14.0 Å². The zero-order valence-electron chi connectivity index (χ0n) is 17.1. The number of carbonyl (C=O) groups excluding carboxylic acids is 2. The van der Waals surface area contributed by atoms with E-state index >= 15 is 0 Å². The molecule has 1 aliphatic heterocycles. The van der Waals surface area contributed by atoms with Gasteiger partial charge in [-0.15, -0.1) is 0 Å². The molecular formula is C21H24N6O3. The highest BCUT2D eigenvalue weighted by atomic mass is 16.3. The third-order valence-electron chi connectivity index (χ3n) is 6.49. The van der Waals surface area contributed by atoms with E-state index in [1.54, 1.807) is 40.9 Å². The molecule has 0 unspecified atom stereocenters. The number of carbonyl (C=O) groups is 2. The number of nitrogens with zero attached hydrogens (tertiary/aromatic N) is 6. The number of fused-ring (bicyclic) bond motifs is 2. The van der Waals surface area contributed by atoms with Gasteiger partial charge in [-0.05, 0) is 37.2 Å². The van der Waals surface area contributed by atoms with Crippen LogP contribution in [0.15, 0.2) is 35.2 Å². The molecule has 5 rings (SSSR count). The highest BCUT2D eigenvalue weighted by Crippen LogP contribution is 2.40. The summed E-state index contributed by atoms with van der Waals surface area (Å²) in [6.45, 7) is 3.15. The molecule has 2 aliphatic rings. The second-order valence-electron chi connectivity index (χ2n) is 8.31. The molecule has 156 valence electrons. The quantitative estimate of drug-likeness (QED) is 0.658. The minimum Gasteiger partial charge on any atom is -0.448 e. The van der Waals surface area contributed by atoms with Crippen molar-refractivity contribution in [3.8, 4) is 0 Å². The van der Waals surface area contributed by atoms with E-state index in [0.29, 0.717) is 47.9 Å². The van der Waals surface area contributed by atoms with E-state index in [1.807, 2.05) is 11.9 Å². The summed E-state index contributed by atoms with van der Waals surface area (Å²) in [4.78, 5) is 37.8. The molecular weight excluding hydrogens is 384 g/mol. The minimum atomic E-state index is -0.111. The van der Waals surface area contributed by atoms with Crippen LogP contribution in [-0.4, -0.2) is 67.4 Å². The standard InChI is InChI=1S/C21H24N6O3/c1-13-23-18(12-30-13)20(28)25(2)16-8-14-4-7-26(11-15(14)9-16)21(29)17-10-19-22-5-3-6-27(19)24-17/h3,5-6,10,12,14-16H,4,7-9,11H2,1-2H3/t14-,15-,16+/m1/s1. The average molecular weight is 408 g/mol. The Morgan fingerprint density at radius 1 is 1.23 bits per heavy atom. The van der Waals surface area contributed by atoms with Crippen LogP contribution in [0.2, 0.25) is 0 Å². The van der Waals surface area contributed by atoms with Crippen molar-refractivity contribution in [3.63, 3.8) is 0 Å². The first-order valence-corrected chi connectivity index (χ1v) is 10.3. The lowest BCUT2D eigenvalue weighted by Crippen LogP contribution is -2.42. The number of piperidine rings is 1. The molecule has 0 N–H and O–H groups in total. The predicted molar refractivity (Wildman–Crippen MR) is 107 cm³/mol. The lowest BCUT2D eigenvalue weighted by molar-refractivity contribution is 0.0618. The number of hydrogen-bond acceptors (Lipinski definition) is 6. The van der Waals surface area contributed by atoms with E-state index in [1.165, 1.54) is 6.26 Å². The molecule has 3 aromatic rings. The first-order valence-electron chi connectivity index (χ1n) is 10.3. The maximum atomic E-state index is 13.0. The molecule has 3 aromatic heterocycles. The van der Waals surface area contributed by atoms with E-state index in [9.17, 15) is 9.59 Å². The highest BCUT2D eigenvalue weighted by Gasteiger charge is 2.42. The van der Waals surface area contributed by atoms with Crippen LogP contribution in [0.1, 0.15) is 46.1 Å². The predicted octanol–water partition coefficient (Wildman–Crippen LogP) is 2.04. The Morgan fingerprint density at radius 2 is 2.07 bits per heavy atom. The Bertz CT molecular complexity index is 1070. The van der Waals surface area contributed by atoms with E-state index in [2.05, 4.69) is 15.1 Å². The number of rotatable bonds is 3. The number of likely N-dealkylation sites (tertiary alicyclic amines) is 1. The van der Waals surface area contributed by atoms with Crippen LogP contribution in [0.3, 0.4) is 0 Å². The van der Waals surface area contributed by atoms with E-state index in [0.717, 1.165) is 19.3 Å². The van der Waals surface area contributed by atoms with Gasteiger partial charge in [0.1, 0.15) is 6.26 Å². The van der Waals surface area contributed by atoms with E-state index in [-0.39, 0.29) is 17.9 Å². The fraction of sp³-hybridized carbons (Fsp3) is 0.476. The molecule has 2 amide bonds. The summed E-state index contributed by atoms with van der Waals surface area (Å²) in [6, 6.07) is 3.67. The van der Waals surface area contributed by atoms with Gasteiger partial charge in [0.2, 0.25) is 0 Å². The summed E-state index contributed by atoms with van der Waals surface area (Å²) in [7, 11) is 1.83. The summed E-state index contributed by atoms with van der Waals surface area (Å²) in [6.07, 6.45) is 7.69. The zero-order valence-corrected chi connectivity index (χ0v) is 17.1. The molecule has 0 bridgehead atoms. The van der Waals surface area contributed by atoms with Crippen LogP contribution in [0.4, 0.5) is 0 Å². The maximum Gasteiger partial charge on any atom is 0.275 e. The molecule has 0 aromatic carbocycles. The Kier molecular flexibility index (Phi) is 4.52. The van der Waals surface area contributed by atoms with Gasteiger partial charge >= 0.3 is 0 Å². The van der Waals surface area contributed by atoms with Crippen LogP contribution in [0.5, 0.6) is 0 Å². The SMILES string of the molecule is Cc1nc(C(=O)N(C)[C@H]2C[C@H]3CCN(C(=O)c4cc5ncccn5n4)C[C@H]3C2)co1. The van der Waals surface area contributed by atoms with Crippen LogP contribution in [-0.2, 0) is 0 Å². The maximum absolute atomic E-state index is 13.0. The first-order chi connectivity index (χ1) is 14.5. The third kappa shape index (κ3) is 3.24. The molecule has 1 aliphatic carbocycles. The van der Waals surface area contributed by atoms with Gasteiger partial charge < -0.3 is 14.2 Å². The van der Waals surface area contributed by atoms with Crippen molar-refractivity contribution in [1.82, 2.24) is 29.4 Å². The summed E-state index contributed by atoms with van der Waals surface area (Å²) in [5.41, 5.74) is 1.44. The summed E-state index contributed by atoms with van der Waals surface area (Å²) < 4.78 is 6.81. The molecule has 3 atom stereocenters. The smallest absolute Gasteiger partial charge is 0.275 e. The van der Waals surface area contributed by atoms with Crippen molar-refractivity contribution in [3.05, 3.63) is 48.1 Å². The van der Waals surface area contributed by atoms with Crippen LogP contribution in [0, 0.1) is 18.8 Å². The molecule has 9 nitrogen and oxygen atoms in total. The fourth-order valence-electron chi connectivity index (χ4n) is 4.86. The number of amides is 2. The monoisotopic (exact) mass is 408 g/mol. The first kappa shape index (κ1) is 18.8. The van der Waals surface area contributed by atoms with E-state index in [4.69, 9.17) is 4.42 Å². The summed E-state index contributed by atoms with van der Waals surface area (Å²) in [5, 5.41) is 4.37. The van der Waals surface area contributed by atoms with Gasteiger partial charge in [0.25, 0.3) is 11.8 Å². The summed E-state index contributed by atoms with van der Waals surface area (Å²) >= 11 is 0. The number of aryl methyl sites for hydroxylation is 1. The Balaban J connectivity index is 1.25. The minimum absolute atomic E-state index is 0.0510. The second kappa shape index (κ2) is 7.23. The Labute approximate surface area is 173 Å². The number of oxazole rings is 1. The number of aromatic nitrogens is 4. The molecule has 0 radical (unpaired) electrons. The van der Waals surface area contributed by atoms with Crippen LogP contribution in [0.25, 0.3) is 5.65 Å². The topological polar surface area (TPSA) is 96.8 Å². The van der Waals surface area contributed by atoms with Gasteiger partial charge in [-0.25, -0.2) is 14.5 Å².